The fraction of sp³-hybridized carbons (Fsp3) is 0.647. The lowest BCUT2D eigenvalue weighted by Gasteiger charge is -2.37. The number of rotatable bonds is 2. The zero-order valence-electron chi connectivity index (χ0n) is 12.0. The third-order valence-electron chi connectivity index (χ3n) is 5.39. The Bertz CT molecular complexity index is 480. The summed E-state index contributed by atoms with van der Waals surface area (Å²) in [4.78, 5) is 0. The number of benzene rings is 1. The van der Waals surface area contributed by atoms with Crippen molar-refractivity contribution in [2.75, 3.05) is 6.54 Å². The van der Waals surface area contributed by atoms with Gasteiger partial charge in [-0.25, -0.2) is 0 Å². The first-order chi connectivity index (χ1) is 9.70. The van der Waals surface area contributed by atoms with Gasteiger partial charge in [-0.2, -0.15) is 0 Å². The maximum atomic E-state index is 10.2. The largest absolute Gasteiger partial charge is 0.504 e. The summed E-state index contributed by atoms with van der Waals surface area (Å²) in [6, 6.07) is 3.54. The topological polar surface area (TPSA) is 66.5 Å². The monoisotopic (exact) mass is 275 g/mol. The molecule has 2 aliphatic rings. The van der Waals surface area contributed by atoms with Crippen LogP contribution in [0.4, 0.5) is 0 Å². The predicted molar refractivity (Wildman–Crippen MR) is 80.0 cm³/mol. The van der Waals surface area contributed by atoms with Crippen molar-refractivity contribution in [2.24, 2.45) is 17.6 Å². The number of phenols is 2. The maximum Gasteiger partial charge on any atom is 0.160 e. The van der Waals surface area contributed by atoms with Crippen LogP contribution in [-0.2, 0) is 6.42 Å². The second kappa shape index (κ2) is 5.65. The van der Waals surface area contributed by atoms with Crippen molar-refractivity contribution in [3.05, 3.63) is 23.3 Å². The van der Waals surface area contributed by atoms with E-state index in [1.54, 1.807) is 6.07 Å². The number of hydrogen-bond donors (Lipinski definition) is 3. The molecule has 1 saturated carbocycles. The Labute approximate surface area is 120 Å². The summed E-state index contributed by atoms with van der Waals surface area (Å²) < 4.78 is 0. The number of aromatic hydroxyl groups is 2. The number of nitrogens with two attached hydrogens (primary N) is 1. The smallest absolute Gasteiger partial charge is 0.160 e. The molecule has 1 fully saturated rings. The highest BCUT2D eigenvalue weighted by Crippen LogP contribution is 2.46. The molecule has 0 aliphatic heterocycles. The highest BCUT2D eigenvalue weighted by Gasteiger charge is 2.33. The lowest BCUT2D eigenvalue weighted by Crippen LogP contribution is -2.29. The molecular weight excluding hydrogens is 250 g/mol. The van der Waals surface area contributed by atoms with Gasteiger partial charge >= 0.3 is 0 Å². The summed E-state index contributed by atoms with van der Waals surface area (Å²) in [6.45, 7) is 0.625. The normalized spacial score (nSPS) is 27.2. The van der Waals surface area contributed by atoms with Gasteiger partial charge < -0.3 is 15.9 Å². The molecule has 3 rings (SSSR count). The second-order valence-corrected chi connectivity index (χ2v) is 6.53. The molecule has 0 heterocycles. The highest BCUT2D eigenvalue weighted by atomic mass is 16.3. The van der Waals surface area contributed by atoms with Crippen LogP contribution in [0.15, 0.2) is 12.1 Å². The van der Waals surface area contributed by atoms with E-state index in [9.17, 15) is 10.2 Å². The van der Waals surface area contributed by atoms with Gasteiger partial charge in [0.25, 0.3) is 0 Å². The van der Waals surface area contributed by atoms with Crippen molar-refractivity contribution in [3.63, 3.8) is 0 Å². The molecule has 0 spiro atoms. The van der Waals surface area contributed by atoms with Gasteiger partial charge in [-0.3, -0.25) is 0 Å². The van der Waals surface area contributed by atoms with Gasteiger partial charge in [-0.05, 0) is 48.8 Å². The zero-order chi connectivity index (χ0) is 14.1. The molecule has 0 radical (unpaired) electrons. The van der Waals surface area contributed by atoms with Crippen molar-refractivity contribution in [1.29, 1.82) is 0 Å². The first kappa shape index (κ1) is 13.7. The number of fused-ring (bicyclic) bond motifs is 1. The van der Waals surface area contributed by atoms with E-state index in [0.717, 1.165) is 29.9 Å². The maximum absolute atomic E-state index is 10.2. The summed E-state index contributed by atoms with van der Waals surface area (Å²) in [7, 11) is 0. The standard InChI is InChI=1S/C17H25NO2/c18-10-13-8-12(11-4-2-1-3-5-11)9-15-14(13)6-7-16(19)17(15)20/h6-7,11-13,19-20H,1-5,8-10,18H2. The third-order valence-corrected chi connectivity index (χ3v) is 5.39. The highest BCUT2D eigenvalue weighted by molar-refractivity contribution is 5.51. The summed E-state index contributed by atoms with van der Waals surface area (Å²) in [6.07, 6.45) is 8.72. The molecule has 3 nitrogen and oxygen atoms in total. The van der Waals surface area contributed by atoms with Crippen LogP contribution in [0.3, 0.4) is 0 Å². The fourth-order valence-corrected chi connectivity index (χ4v) is 4.26. The van der Waals surface area contributed by atoms with Crippen LogP contribution in [-0.4, -0.2) is 16.8 Å². The van der Waals surface area contributed by atoms with Crippen molar-refractivity contribution >= 4 is 0 Å². The Balaban J connectivity index is 1.90. The Morgan fingerprint density at radius 1 is 1.05 bits per heavy atom. The van der Waals surface area contributed by atoms with E-state index in [2.05, 4.69) is 0 Å². The van der Waals surface area contributed by atoms with Crippen LogP contribution < -0.4 is 5.73 Å². The minimum absolute atomic E-state index is 0.00353. The van der Waals surface area contributed by atoms with Crippen molar-refractivity contribution < 1.29 is 10.2 Å². The molecule has 0 amide bonds. The molecule has 20 heavy (non-hydrogen) atoms. The van der Waals surface area contributed by atoms with Gasteiger partial charge in [0.2, 0.25) is 0 Å². The molecule has 110 valence electrons. The molecular formula is C17H25NO2. The Morgan fingerprint density at radius 2 is 1.80 bits per heavy atom. The molecule has 3 heteroatoms. The minimum atomic E-state index is 0.00353. The van der Waals surface area contributed by atoms with Crippen LogP contribution in [0.5, 0.6) is 11.5 Å². The molecule has 0 aromatic heterocycles. The molecule has 2 unspecified atom stereocenters. The summed E-state index contributed by atoms with van der Waals surface area (Å²) in [5.41, 5.74) is 8.05. The molecule has 1 aromatic carbocycles. The van der Waals surface area contributed by atoms with E-state index < -0.39 is 0 Å². The van der Waals surface area contributed by atoms with Crippen LogP contribution in [0.1, 0.15) is 55.6 Å². The van der Waals surface area contributed by atoms with Crippen LogP contribution in [0, 0.1) is 11.8 Å². The van der Waals surface area contributed by atoms with Gasteiger partial charge in [-0.15, -0.1) is 0 Å². The second-order valence-electron chi connectivity index (χ2n) is 6.53. The van der Waals surface area contributed by atoms with E-state index in [4.69, 9.17) is 5.73 Å². The molecule has 0 bridgehead atoms. The zero-order valence-corrected chi connectivity index (χ0v) is 12.0. The Kier molecular flexibility index (Phi) is 3.88. The Morgan fingerprint density at radius 3 is 2.50 bits per heavy atom. The molecule has 4 N–H and O–H groups in total. The van der Waals surface area contributed by atoms with Crippen molar-refractivity contribution in [1.82, 2.24) is 0 Å². The summed E-state index contributed by atoms with van der Waals surface area (Å²) >= 11 is 0. The van der Waals surface area contributed by atoms with E-state index in [0.29, 0.717) is 18.4 Å². The quantitative estimate of drug-likeness (QED) is 0.726. The van der Waals surface area contributed by atoms with Gasteiger partial charge in [0.1, 0.15) is 0 Å². The van der Waals surface area contributed by atoms with Gasteiger partial charge in [0.15, 0.2) is 11.5 Å². The van der Waals surface area contributed by atoms with E-state index in [1.807, 2.05) is 6.07 Å². The SMILES string of the molecule is NCC1CC(C2CCCCC2)Cc2c1ccc(O)c2O. The van der Waals surface area contributed by atoms with Gasteiger partial charge in [0.05, 0.1) is 0 Å². The van der Waals surface area contributed by atoms with E-state index in [-0.39, 0.29) is 11.5 Å². The van der Waals surface area contributed by atoms with Crippen LogP contribution in [0.25, 0.3) is 0 Å². The lowest BCUT2D eigenvalue weighted by atomic mass is 9.68. The van der Waals surface area contributed by atoms with E-state index >= 15 is 0 Å². The fourth-order valence-electron chi connectivity index (χ4n) is 4.26. The van der Waals surface area contributed by atoms with Crippen molar-refractivity contribution in [3.8, 4) is 11.5 Å². The summed E-state index contributed by atoms with van der Waals surface area (Å²) in [5.74, 6) is 1.80. The van der Waals surface area contributed by atoms with Crippen LogP contribution >= 0.6 is 0 Å². The summed E-state index contributed by atoms with van der Waals surface area (Å²) in [5, 5.41) is 19.9. The van der Waals surface area contributed by atoms with Gasteiger partial charge in [0, 0.05) is 5.56 Å². The molecule has 1 aromatic rings. The van der Waals surface area contributed by atoms with E-state index in [1.165, 1.54) is 32.1 Å². The molecule has 2 atom stereocenters. The van der Waals surface area contributed by atoms with Crippen LogP contribution in [0.2, 0.25) is 0 Å². The van der Waals surface area contributed by atoms with Gasteiger partial charge in [-0.1, -0.05) is 38.2 Å². The molecule has 0 saturated heterocycles. The first-order valence-electron chi connectivity index (χ1n) is 7.94. The Hall–Kier alpha value is -1.22. The lowest BCUT2D eigenvalue weighted by molar-refractivity contribution is 0.212. The average Bonchev–Trinajstić information content (AvgIpc) is 2.51. The average molecular weight is 275 g/mol. The number of hydrogen-bond acceptors (Lipinski definition) is 3. The minimum Gasteiger partial charge on any atom is -0.504 e. The molecule has 2 aliphatic carbocycles. The number of phenolic OH excluding ortho intramolecular Hbond substituents is 2. The predicted octanol–water partition coefficient (Wildman–Crippen LogP) is 3.28. The van der Waals surface area contributed by atoms with Crippen molar-refractivity contribution in [2.45, 2.75) is 50.9 Å². The first-order valence-corrected chi connectivity index (χ1v) is 7.94. The third kappa shape index (κ3) is 2.39.